The van der Waals surface area contributed by atoms with Crippen molar-refractivity contribution in [2.45, 2.75) is 32.6 Å². The van der Waals surface area contributed by atoms with Gasteiger partial charge in [0, 0.05) is 12.8 Å². The van der Waals surface area contributed by atoms with Gasteiger partial charge >= 0.3 is 0 Å². The molecule has 1 aliphatic heterocycles. The minimum Gasteiger partial charge on any atom is -0.273 e. The van der Waals surface area contributed by atoms with E-state index in [0.29, 0.717) is 6.42 Å². The summed E-state index contributed by atoms with van der Waals surface area (Å²) in [6.07, 6.45) is 7.92. The predicted molar refractivity (Wildman–Crippen MR) is 55.9 cm³/mol. The first-order valence-corrected chi connectivity index (χ1v) is 4.99. The van der Waals surface area contributed by atoms with Crippen LogP contribution in [0.2, 0.25) is 0 Å². The van der Waals surface area contributed by atoms with Crippen LogP contribution in [0.3, 0.4) is 0 Å². The van der Waals surface area contributed by atoms with E-state index in [9.17, 15) is 4.79 Å². The molecular formula is C11H14N2O. The summed E-state index contributed by atoms with van der Waals surface area (Å²) >= 11 is 0. The van der Waals surface area contributed by atoms with Crippen molar-refractivity contribution in [3.63, 3.8) is 0 Å². The average Bonchev–Trinajstić information content (AvgIpc) is 2.19. The summed E-state index contributed by atoms with van der Waals surface area (Å²) in [7, 11) is 0. The molecule has 0 saturated heterocycles. The van der Waals surface area contributed by atoms with Gasteiger partial charge in [0.25, 0.3) is 0 Å². The van der Waals surface area contributed by atoms with Gasteiger partial charge in [-0.05, 0) is 25.3 Å². The van der Waals surface area contributed by atoms with Crippen LogP contribution in [0.15, 0.2) is 28.4 Å². The smallest absolute Gasteiger partial charge is 0.240 e. The Hall–Kier alpha value is -1.38. The molecule has 0 aromatic rings. The molecule has 0 spiro atoms. The molecule has 0 atom stereocenters. The molecule has 3 nitrogen and oxygen atoms in total. The van der Waals surface area contributed by atoms with Crippen LogP contribution in [0.4, 0.5) is 0 Å². The Labute approximate surface area is 83.6 Å². The lowest BCUT2D eigenvalue weighted by molar-refractivity contribution is -0.121. The Kier molecular flexibility index (Phi) is 2.48. The van der Waals surface area contributed by atoms with Gasteiger partial charge in [-0.2, -0.15) is 5.10 Å². The standard InChI is InChI=1S/C11H14N2O/c1-8-3-2-4-9(7-8)10-5-6-11(14)13-12-10/h4,7H,2-3,5-6H2,1H3,(H,13,14). The molecule has 2 aliphatic rings. The molecule has 3 heteroatoms. The molecule has 0 radical (unpaired) electrons. The van der Waals surface area contributed by atoms with Crippen molar-refractivity contribution >= 4 is 11.6 Å². The number of amides is 1. The van der Waals surface area contributed by atoms with E-state index in [1.165, 1.54) is 11.1 Å². The lowest BCUT2D eigenvalue weighted by Gasteiger charge is -2.16. The topological polar surface area (TPSA) is 41.5 Å². The summed E-state index contributed by atoms with van der Waals surface area (Å²) in [6.45, 7) is 2.13. The van der Waals surface area contributed by atoms with Gasteiger partial charge in [-0.25, -0.2) is 5.43 Å². The highest BCUT2D eigenvalue weighted by molar-refractivity contribution is 6.05. The molecule has 0 fully saturated rings. The molecule has 1 aliphatic carbocycles. The fraction of sp³-hybridized carbons (Fsp3) is 0.455. The summed E-state index contributed by atoms with van der Waals surface area (Å²) in [5.41, 5.74) is 6.12. The molecule has 0 aromatic carbocycles. The summed E-state index contributed by atoms with van der Waals surface area (Å²) < 4.78 is 0. The largest absolute Gasteiger partial charge is 0.273 e. The molecule has 74 valence electrons. The Morgan fingerprint density at radius 3 is 2.86 bits per heavy atom. The average molecular weight is 190 g/mol. The highest BCUT2D eigenvalue weighted by Gasteiger charge is 2.15. The van der Waals surface area contributed by atoms with Gasteiger partial charge in [-0.3, -0.25) is 4.79 Å². The zero-order valence-electron chi connectivity index (χ0n) is 8.34. The second-order valence-corrected chi connectivity index (χ2v) is 3.78. The van der Waals surface area contributed by atoms with Crippen molar-refractivity contribution in [3.8, 4) is 0 Å². The number of nitrogens with one attached hydrogen (secondary N) is 1. The van der Waals surface area contributed by atoms with Crippen LogP contribution in [0, 0.1) is 0 Å². The van der Waals surface area contributed by atoms with Crippen molar-refractivity contribution in [2.75, 3.05) is 0 Å². The fourth-order valence-electron chi connectivity index (χ4n) is 1.74. The second-order valence-electron chi connectivity index (χ2n) is 3.78. The molecule has 1 amide bonds. The van der Waals surface area contributed by atoms with E-state index < -0.39 is 0 Å². The van der Waals surface area contributed by atoms with Gasteiger partial charge in [0.2, 0.25) is 5.91 Å². The third kappa shape index (κ3) is 1.92. The fourth-order valence-corrected chi connectivity index (χ4v) is 1.74. The minimum absolute atomic E-state index is 0.0193. The van der Waals surface area contributed by atoms with Crippen molar-refractivity contribution < 1.29 is 4.79 Å². The van der Waals surface area contributed by atoms with Crippen LogP contribution in [0.5, 0.6) is 0 Å². The number of rotatable bonds is 1. The Bertz CT molecular complexity index is 350. The Morgan fingerprint density at radius 2 is 2.21 bits per heavy atom. The van der Waals surface area contributed by atoms with E-state index in [2.05, 4.69) is 29.6 Å². The van der Waals surface area contributed by atoms with Crippen LogP contribution >= 0.6 is 0 Å². The molecule has 0 aromatic heterocycles. The molecule has 14 heavy (non-hydrogen) atoms. The van der Waals surface area contributed by atoms with E-state index in [-0.39, 0.29) is 5.91 Å². The molecule has 0 unspecified atom stereocenters. The first kappa shape index (κ1) is 9.19. The van der Waals surface area contributed by atoms with Crippen molar-refractivity contribution in [1.29, 1.82) is 0 Å². The number of nitrogens with zero attached hydrogens (tertiary/aromatic N) is 1. The maximum atomic E-state index is 10.9. The van der Waals surface area contributed by atoms with Gasteiger partial charge in [0.1, 0.15) is 0 Å². The van der Waals surface area contributed by atoms with Crippen molar-refractivity contribution in [2.24, 2.45) is 5.10 Å². The highest BCUT2D eigenvalue weighted by Crippen LogP contribution is 2.20. The Morgan fingerprint density at radius 1 is 1.36 bits per heavy atom. The number of allylic oxidation sites excluding steroid dienone is 4. The van der Waals surface area contributed by atoms with Crippen LogP contribution in [-0.4, -0.2) is 11.6 Å². The summed E-state index contributed by atoms with van der Waals surface area (Å²) in [4.78, 5) is 10.9. The zero-order chi connectivity index (χ0) is 9.97. The Balaban J connectivity index is 2.16. The first-order valence-electron chi connectivity index (χ1n) is 4.99. The van der Waals surface area contributed by atoms with Crippen LogP contribution < -0.4 is 5.43 Å². The lowest BCUT2D eigenvalue weighted by Crippen LogP contribution is -2.26. The second kappa shape index (κ2) is 3.78. The SMILES string of the molecule is CC1=CC(C2=NNC(=O)CC2)=CCC1. The maximum Gasteiger partial charge on any atom is 0.240 e. The molecule has 1 heterocycles. The van der Waals surface area contributed by atoms with E-state index in [1.807, 2.05) is 0 Å². The van der Waals surface area contributed by atoms with E-state index in [4.69, 9.17) is 0 Å². The van der Waals surface area contributed by atoms with E-state index in [1.54, 1.807) is 0 Å². The van der Waals surface area contributed by atoms with Gasteiger partial charge in [0.15, 0.2) is 0 Å². The molecular weight excluding hydrogens is 176 g/mol. The number of carbonyl (C=O) groups is 1. The number of hydrogen-bond acceptors (Lipinski definition) is 2. The highest BCUT2D eigenvalue weighted by atomic mass is 16.2. The van der Waals surface area contributed by atoms with Gasteiger partial charge in [-0.15, -0.1) is 0 Å². The lowest BCUT2D eigenvalue weighted by atomic mass is 9.95. The third-order valence-corrected chi connectivity index (χ3v) is 2.54. The van der Waals surface area contributed by atoms with Crippen molar-refractivity contribution in [3.05, 3.63) is 23.3 Å². The monoisotopic (exact) mass is 190 g/mol. The zero-order valence-corrected chi connectivity index (χ0v) is 8.34. The summed E-state index contributed by atoms with van der Waals surface area (Å²) in [5.74, 6) is 0.0193. The van der Waals surface area contributed by atoms with Crippen molar-refractivity contribution in [1.82, 2.24) is 5.43 Å². The van der Waals surface area contributed by atoms with Gasteiger partial charge < -0.3 is 0 Å². The third-order valence-electron chi connectivity index (χ3n) is 2.54. The van der Waals surface area contributed by atoms with Gasteiger partial charge in [0.05, 0.1) is 5.71 Å². The summed E-state index contributed by atoms with van der Waals surface area (Å²) in [6, 6.07) is 0. The van der Waals surface area contributed by atoms with Crippen LogP contribution in [0.25, 0.3) is 0 Å². The minimum atomic E-state index is 0.0193. The quantitative estimate of drug-likeness (QED) is 0.674. The molecule has 2 rings (SSSR count). The molecule has 1 N–H and O–H groups in total. The van der Waals surface area contributed by atoms with Crippen LogP contribution in [0.1, 0.15) is 32.6 Å². The van der Waals surface area contributed by atoms with E-state index in [0.717, 1.165) is 25.0 Å². The number of hydrogen-bond donors (Lipinski definition) is 1. The molecule has 0 bridgehead atoms. The van der Waals surface area contributed by atoms with Crippen LogP contribution in [-0.2, 0) is 4.79 Å². The first-order chi connectivity index (χ1) is 6.75. The summed E-state index contributed by atoms with van der Waals surface area (Å²) in [5, 5.41) is 4.07. The maximum absolute atomic E-state index is 10.9. The predicted octanol–water partition coefficient (Wildman–Crippen LogP) is 1.92. The number of carbonyl (C=O) groups excluding carboxylic acids is 1. The number of hydrazone groups is 1. The van der Waals surface area contributed by atoms with E-state index >= 15 is 0 Å². The van der Waals surface area contributed by atoms with Gasteiger partial charge in [-0.1, -0.05) is 17.7 Å². The molecule has 0 saturated carbocycles. The normalized spacial score (nSPS) is 22.1.